The average Bonchev–Trinajstić information content (AvgIpc) is 3.29. The van der Waals surface area contributed by atoms with E-state index in [-0.39, 0.29) is 0 Å². The minimum absolute atomic E-state index is 0.768. The van der Waals surface area contributed by atoms with Crippen molar-refractivity contribution in [2.24, 2.45) is 0 Å². The van der Waals surface area contributed by atoms with E-state index in [4.69, 9.17) is 0 Å². The summed E-state index contributed by atoms with van der Waals surface area (Å²) < 4.78 is 0. The quantitative estimate of drug-likeness (QED) is 0.879. The molecule has 2 nitrogen and oxygen atoms in total. The van der Waals surface area contributed by atoms with Crippen LogP contribution in [0.15, 0.2) is 48.5 Å². The molecule has 0 unspecified atom stereocenters. The van der Waals surface area contributed by atoms with Gasteiger partial charge in [0.15, 0.2) is 0 Å². The fourth-order valence-corrected chi connectivity index (χ4v) is 2.37. The zero-order valence-corrected chi connectivity index (χ0v) is 12.3. The van der Waals surface area contributed by atoms with Crippen LogP contribution in [0.3, 0.4) is 0 Å². The van der Waals surface area contributed by atoms with E-state index >= 15 is 0 Å². The van der Waals surface area contributed by atoms with Crippen LogP contribution in [0, 0.1) is 6.92 Å². The van der Waals surface area contributed by atoms with Gasteiger partial charge in [-0.3, -0.25) is 0 Å². The molecule has 0 aromatic heterocycles. The van der Waals surface area contributed by atoms with E-state index in [1.54, 1.807) is 0 Å². The molecule has 1 fully saturated rings. The number of hydrogen-bond acceptors (Lipinski definition) is 2. The fraction of sp³-hybridized carbons (Fsp3) is 0.333. The van der Waals surface area contributed by atoms with E-state index in [9.17, 15) is 0 Å². The van der Waals surface area contributed by atoms with E-state index < -0.39 is 0 Å². The summed E-state index contributed by atoms with van der Waals surface area (Å²) in [5, 5.41) is 3.55. The first-order chi connectivity index (χ1) is 9.72. The van der Waals surface area contributed by atoms with Crippen LogP contribution >= 0.6 is 0 Å². The van der Waals surface area contributed by atoms with Gasteiger partial charge in [0.1, 0.15) is 0 Å². The molecule has 2 aromatic rings. The molecule has 2 aromatic carbocycles. The van der Waals surface area contributed by atoms with Gasteiger partial charge in [-0.25, -0.2) is 0 Å². The summed E-state index contributed by atoms with van der Waals surface area (Å²) >= 11 is 0. The van der Waals surface area contributed by atoms with Gasteiger partial charge in [0.05, 0.1) is 0 Å². The molecule has 0 radical (unpaired) electrons. The molecule has 1 aliphatic carbocycles. The second kappa shape index (κ2) is 5.68. The smallest absolute Gasteiger partial charge is 0.0410 e. The van der Waals surface area contributed by atoms with Crippen molar-refractivity contribution in [1.82, 2.24) is 5.32 Å². The lowest BCUT2D eigenvalue weighted by molar-refractivity contribution is 0.688. The highest BCUT2D eigenvalue weighted by atomic mass is 15.1. The first kappa shape index (κ1) is 13.2. The van der Waals surface area contributed by atoms with Crippen molar-refractivity contribution in [3.8, 4) is 0 Å². The summed E-state index contributed by atoms with van der Waals surface area (Å²) in [5.74, 6) is 0. The highest BCUT2D eigenvalue weighted by Gasteiger charge is 2.19. The Hall–Kier alpha value is -1.80. The number of rotatable bonds is 5. The van der Waals surface area contributed by atoms with Gasteiger partial charge in [0.2, 0.25) is 0 Å². The van der Waals surface area contributed by atoms with Crippen LogP contribution in [0.5, 0.6) is 0 Å². The van der Waals surface area contributed by atoms with Crippen molar-refractivity contribution in [2.75, 3.05) is 11.9 Å². The minimum Gasteiger partial charge on any atom is -0.345 e. The lowest BCUT2D eigenvalue weighted by Crippen LogP contribution is -2.15. The van der Waals surface area contributed by atoms with Crippen LogP contribution in [0.25, 0.3) is 0 Å². The van der Waals surface area contributed by atoms with Crippen LogP contribution in [0.4, 0.5) is 11.4 Å². The third-order valence-corrected chi connectivity index (χ3v) is 3.88. The van der Waals surface area contributed by atoms with E-state index in [2.05, 4.69) is 72.7 Å². The van der Waals surface area contributed by atoms with Crippen LogP contribution < -0.4 is 10.2 Å². The molecule has 3 rings (SSSR count). The molecule has 1 saturated carbocycles. The molecule has 0 heterocycles. The molecule has 0 saturated heterocycles. The molecule has 0 spiro atoms. The lowest BCUT2D eigenvalue weighted by atomic mass is 10.1. The van der Waals surface area contributed by atoms with E-state index in [0.29, 0.717) is 0 Å². The van der Waals surface area contributed by atoms with Gasteiger partial charge in [-0.2, -0.15) is 0 Å². The molecule has 104 valence electrons. The van der Waals surface area contributed by atoms with E-state index in [0.717, 1.165) is 12.6 Å². The van der Waals surface area contributed by atoms with Gasteiger partial charge >= 0.3 is 0 Å². The topological polar surface area (TPSA) is 15.3 Å². The molecule has 0 amide bonds. The monoisotopic (exact) mass is 266 g/mol. The van der Waals surface area contributed by atoms with Gasteiger partial charge in [-0.05, 0) is 55.2 Å². The summed E-state index contributed by atoms with van der Waals surface area (Å²) in [6.07, 6.45) is 2.68. The van der Waals surface area contributed by atoms with Crippen molar-refractivity contribution >= 4 is 11.4 Å². The van der Waals surface area contributed by atoms with Crippen LogP contribution in [-0.2, 0) is 6.54 Å². The van der Waals surface area contributed by atoms with Crippen molar-refractivity contribution in [1.29, 1.82) is 0 Å². The number of nitrogens with zero attached hydrogens (tertiary/aromatic N) is 1. The Labute approximate surface area is 121 Å². The van der Waals surface area contributed by atoms with Crippen molar-refractivity contribution in [3.05, 3.63) is 59.7 Å². The second-order valence-corrected chi connectivity index (χ2v) is 5.72. The van der Waals surface area contributed by atoms with Gasteiger partial charge in [-0.1, -0.05) is 24.3 Å². The van der Waals surface area contributed by atoms with Crippen LogP contribution in [-0.4, -0.2) is 13.1 Å². The largest absolute Gasteiger partial charge is 0.345 e. The maximum Gasteiger partial charge on any atom is 0.0410 e. The van der Waals surface area contributed by atoms with E-state index in [1.165, 1.54) is 35.3 Å². The first-order valence-electron chi connectivity index (χ1n) is 7.35. The Kier molecular flexibility index (Phi) is 3.75. The molecule has 0 bridgehead atoms. The van der Waals surface area contributed by atoms with Gasteiger partial charge in [-0.15, -0.1) is 0 Å². The number of anilines is 2. The summed E-state index contributed by atoms with van der Waals surface area (Å²) in [7, 11) is 2.12. The van der Waals surface area contributed by atoms with Crippen molar-refractivity contribution in [2.45, 2.75) is 32.4 Å². The van der Waals surface area contributed by atoms with Crippen LogP contribution in [0.1, 0.15) is 24.0 Å². The van der Waals surface area contributed by atoms with Crippen molar-refractivity contribution < 1.29 is 0 Å². The Morgan fingerprint density at radius 2 is 1.80 bits per heavy atom. The maximum atomic E-state index is 3.55. The normalized spacial score (nSPS) is 14.3. The molecule has 0 aliphatic heterocycles. The zero-order chi connectivity index (χ0) is 13.9. The minimum atomic E-state index is 0.768. The Morgan fingerprint density at radius 3 is 2.45 bits per heavy atom. The van der Waals surface area contributed by atoms with Crippen molar-refractivity contribution in [3.63, 3.8) is 0 Å². The molecular weight excluding hydrogens is 244 g/mol. The van der Waals surface area contributed by atoms with Crippen LogP contribution in [0.2, 0.25) is 0 Å². The molecule has 1 N–H and O–H groups in total. The first-order valence-corrected chi connectivity index (χ1v) is 7.35. The highest BCUT2D eigenvalue weighted by molar-refractivity contribution is 5.63. The summed E-state index contributed by atoms with van der Waals surface area (Å²) in [5.41, 5.74) is 5.11. The van der Waals surface area contributed by atoms with Gasteiger partial charge in [0, 0.05) is 31.0 Å². The molecule has 1 aliphatic rings. The number of hydrogen-bond donors (Lipinski definition) is 1. The fourth-order valence-electron chi connectivity index (χ4n) is 2.37. The van der Waals surface area contributed by atoms with Gasteiger partial charge in [0.25, 0.3) is 0 Å². The van der Waals surface area contributed by atoms with E-state index in [1.807, 2.05) is 0 Å². The maximum absolute atomic E-state index is 3.55. The predicted molar refractivity (Wildman–Crippen MR) is 85.5 cm³/mol. The third-order valence-electron chi connectivity index (χ3n) is 3.88. The Morgan fingerprint density at radius 1 is 1.05 bits per heavy atom. The molecular formula is C18H22N2. The van der Waals surface area contributed by atoms with Gasteiger partial charge < -0.3 is 10.2 Å². The summed E-state index contributed by atoms with van der Waals surface area (Å²) in [4.78, 5) is 2.23. The lowest BCUT2D eigenvalue weighted by Gasteiger charge is -2.20. The predicted octanol–water partition coefficient (Wildman–Crippen LogP) is 4.01. The standard InChI is InChI=1S/C18H22N2/c1-14-4-3-5-18(12-14)20(2)17-10-6-15(7-11-17)13-19-16-8-9-16/h3-7,10-12,16,19H,8-9,13H2,1-2H3. The molecule has 0 atom stereocenters. The second-order valence-electron chi connectivity index (χ2n) is 5.72. The molecule has 2 heteroatoms. The average molecular weight is 266 g/mol. The number of aryl methyl sites for hydroxylation is 1. The summed E-state index contributed by atoms with van der Waals surface area (Å²) in [6.45, 7) is 3.11. The zero-order valence-electron chi connectivity index (χ0n) is 12.3. The highest BCUT2D eigenvalue weighted by Crippen LogP contribution is 2.25. The Balaban J connectivity index is 1.69. The summed E-state index contributed by atoms with van der Waals surface area (Å²) in [6, 6.07) is 18.2. The Bertz CT molecular complexity index is 570. The number of nitrogens with one attached hydrogen (secondary N) is 1. The molecule has 20 heavy (non-hydrogen) atoms. The SMILES string of the molecule is Cc1cccc(N(C)c2ccc(CNC3CC3)cc2)c1. The number of benzene rings is 2. The third kappa shape index (κ3) is 3.20.